The van der Waals surface area contributed by atoms with Gasteiger partial charge in [-0.15, -0.1) is 0 Å². The summed E-state index contributed by atoms with van der Waals surface area (Å²) in [6.45, 7) is 4.44. The van der Waals surface area contributed by atoms with E-state index in [4.69, 9.17) is 11.6 Å². The summed E-state index contributed by atoms with van der Waals surface area (Å²) in [6.07, 6.45) is 10.0. The minimum Gasteiger partial charge on any atom is -0.0843 e. The molecule has 1 aromatic rings. The number of rotatable bonds is 2. The minimum absolute atomic E-state index is 0.812. The van der Waals surface area contributed by atoms with E-state index in [1.165, 1.54) is 44.1 Å². The average Bonchev–Trinajstić information content (AvgIpc) is 2.41. The molecule has 1 aliphatic rings. The normalized spacial score (nSPS) is 16.2. The quantitative estimate of drug-likeness (QED) is 0.617. The van der Waals surface area contributed by atoms with Gasteiger partial charge in [0.25, 0.3) is 0 Å². The third-order valence-electron chi connectivity index (χ3n) is 3.62. The Labute approximate surface area is 111 Å². The van der Waals surface area contributed by atoms with Gasteiger partial charge < -0.3 is 0 Å². The van der Waals surface area contributed by atoms with E-state index in [9.17, 15) is 0 Å². The van der Waals surface area contributed by atoms with Gasteiger partial charge in [0.05, 0.1) is 0 Å². The number of halogens is 1. The van der Waals surface area contributed by atoms with Crippen molar-refractivity contribution >= 4 is 11.6 Å². The van der Waals surface area contributed by atoms with E-state index in [0.29, 0.717) is 0 Å². The highest BCUT2D eigenvalue weighted by Crippen LogP contribution is 2.25. The average molecular weight is 253 g/mol. The van der Waals surface area contributed by atoms with Gasteiger partial charge in [0.1, 0.15) is 0 Å². The molecule has 1 heteroatoms. The fourth-order valence-electron chi connectivity index (χ4n) is 2.32. The maximum atomic E-state index is 5.67. The zero-order chi connectivity index (χ0) is 12.5. The van der Waals surface area contributed by atoms with Crippen molar-refractivity contribution in [2.75, 3.05) is 0 Å². The highest BCUT2D eigenvalue weighted by molar-refractivity contribution is 6.30. The molecule has 0 unspecified atom stereocenters. The van der Waals surface area contributed by atoms with E-state index in [2.05, 4.69) is 13.8 Å². The highest BCUT2D eigenvalue weighted by atomic mass is 35.5. The molecule has 96 valence electrons. The molecular weight excluding hydrogens is 228 g/mol. The molecule has 0 radical (unpaired) electrons. The highest BCUT2D eigenvalue weighted by Gasteiger charge is 2.09. The molecule has 0 nitrogen and oxygen atoms in total. The van der Waals surface area contributed by atoms with Crippen molar-refractivity contribution < 1.29 is 0 Å². The Morgan fingerprint density at radius 2 is 1.59 bits per heavy atom. The molecule has 1 aliphatic carbocycles. The lowest BCUT2D eigenvalue weighted by Crippen LogP contribution is -2.03. The van der Waals surface area contributed by atoms with Crippen LogP contribution in [0.1, 0.15) is 57.9 Å². The van der Waals surface area contributed by atoms with Gasteiger partial charge in [-0.25, -0.2) is 0 Å². The Morgan fingerprint density at radius 3 is 2.00 bits per heavy atom. The van der Waals surface area contributed by atoms with E-state index >= 15 is 0 Å². The van der Waals surface area contributed by atoms with E-state index in [1.807, 2.05) is 24.3 Å². The van der Waals surface area contributed by atoms with E-state index < -0.39 is 0 Å². The molecule has 0 bridgehead atoms. The van der Waals surface area contributed by atoms with E-state index in [1.54, 1.807) is 0 Å². The Balaban J connectivity index is 0.000000171. The van der Waals surface area contributed by atoms with Gasteiger partial charge in [0, 0.05) is 5.02 Å². The van der Waals surface area contributed by atoms with Crippen molar-refractivity contribution in [3.8, 4) is 0 Å². The lowest BCUT2D eigenvalue weighted by Gasteiger charge is -2.18. The van der Waals surface area contributed by atoms with Crippen LogP contribution in [0.5, 0.6) is 0 Å². The number of benzene rings is 1. The third-order valence-corrected chi connectivity index (χ3v) is 3.88. The molecule has 0 amide bonds. The van der Waals surface area contributed by atoms with Gasteiger partial charge in [-0.3, -0.25) is 0 Å². The fourth-order valence-corrected chi connectivity index (χ4v) is 2.44. The molecule has 1 saturated carbocycles. The SMILES string of the molecule is CCC1CCCCC1.CCc1ccc(Cl)cc1. The maximum Gasteiger partial charge on any atom is 0.0406 e. The molecule has 2 rings (SSSR count). The summed E-state index contributed by atoms with van der Waals surface area (Å²) < 4.78 is 0. The van der Waals surface area contributed by atoms with Gasteiger partial charge in [-0.05, 0) is 30.0 Å². The molecule has 0 spiro atoms. The molecule has 17 heavy (non-hydrogen) atoms. The van der Waals surface area contributed by atoms with Crippen LogP contribution in [0.15, 0.2) is 24.3 Å². The summed E-state index contributed by atoms with van der Waals surface area (Å²) in [7, 11) is 0. The zero-order valence-corrected chi connectivity index (χ0v) is 12.0. The third kappa shape index (κ3) is 6.12. The lowest BCUT2D eigenvalue weighted by atomic mass is 9.88. The lowest BCUT2D eigenvalue weighted by molar-refractivity contribution is 0.349. The van der Waals surface area contributed by atoms with Gasteiger partial charge in [-0.2, -0.15) is 0 Å². The fraction of sp³-hybridized carbons (Fsp3) is 0.625. The minimum atomic E-state index is 0.812. The molecular formula is C16H25Cl. The second kappa shape index (κ2) is 8.58. The van der Waals surface area contributed by atoms with Crippen molar-refractivity contribution in [3.63, 3.8) is 0 Å². The molecule has 0 aromatic heterocycles. The first kappa shape index (κ1) is 14.6. The van der Waals surface area contributed by atoms with Crippen molar-refractivity contribution in [2.45, 2.75) is 58.8 Å². The molecule has 0 saturated heterocycles. The molecule has 0 atom stereocenters. The molecule has 1 fully saturated rings. The van der Waals surface area contributed by atoms with E-state index in [0.717, 1.165) is 17.4 Å². The van der Waals surface area contributed by atoms with Crippen LogP contribution < -0.4 is 0 Å². The van der Waals surface area contributed by atoms with E-state index in [-0.39, 0.29) is 0 Å². The van der Waals surface area contributed by atoms with Crippen molar-refractivity contribution in [1.29, 1.82) is 0 Å². The van der Waals surface area contributed by atoms with Crippen molar-refractivity contribution in [1.82, 2.24) is 0 Å². The predicted octanol–water partition coefficient (Wildman–Crippen LogP) is 5.88. The zero-order valence-electron chi connectivity index (χ0n) is 11.2. The summed E-state index contributed by atoms with van der Waals surface area (Å²) >= 11 is 5.67. The van der Waals surface area contributed by atoms with Crippen LogP contribution in [-0.4, -0.2) is 0 Å². The van der Waals surface area contributed by atoms with Crippen LogP contribution in [0.2, 0.25) is 5.02 Å². The van der Waals surface area contributed by atoms with Crippen molar-refractivity contribution in [3.05, 3.63) is 34.9 Å². The summed E-state index contributed by atoms with van der Waals surface area (Å²) in [5.74, 6) is 1.09. The maximum absolute atomic E-state index is 5.67. The standard InChI is InChI=1S/C8H9Cl.C8H16/c1-2-7-3-5-8(9)6-4-7;1-2-8-6-4-3-5-7-8/h3-6H,2H2,1H3;8H,2-7H2,1H3. The van der Waals surface area contributed by atoms with Crippen LogP contribution in [0, 0.1) is 5.92 Å². The smallest absolute Gasteiger partial charge is 0.0406 e. The monoisotopic (exact) mass is 252 g/mol. The Kier molecular flexibility index (Phi) is 7.35. The largest absolute Gasteiger partial charge is 0.0843 e. The number of hydrogen-bond donors (Lipinski definition) is 0. The summed E-state index contributed by atoms with van der Waals surface area (Å²) in [6, 6.07) is 7.92. The van der Waals surface area contributed by atoms with Crippen molar-refractivity contribution in [2.24, 2.45) is 5.92 Å². The van der Waals surface area contributed by atoms with Crippen LogP contribution in [0.4, 0.5) is 0 Å². The topological polar surface area (TPSA) is 0 Å². The molecule has 0 heterocycles. The molecule has 0 N–H and O–H groups in total. The predicted molar refractivity (Wildman–Crippen MR) is 77.7 cm³/mol. The Hall–Kier alpha value is -0.490. The first-order valence-electron chi connectivity index (χ1n) is 7.00. The van der Waals surface area contributed by atoms with Crippen LogP contribution in [0.3, 0.4) is 0 Å². The van der Waals surface area contributed by atoms with Gasteiger partial charge in [-0.1, -0.05) is 76.1 Å². The molecule has 1 aromatic carbocycles. The van der Waals surface area contributed by atoms with Crippen LogP contribution >= 0.6 is 11.6 Å². The molecule has 0 aliphatic heterocycles. The summed E-state index contributed by atoms with van der Waals surface area (Å²) in [4.78, 5) is 0. The second-order valence-electron chi connectivity index (χ2n) is 4.89. The van der Waals surface area contributed by atoms with Gasteiger partial charge >= 0.3 is 0 Å². The number of hydrogen-bond acceptors (Lipinski definition) is 0. The van der Waals surface area contributed by atoms with Crippen LogP contribution in [-0.2, 0) is 6.42 Å². The Bertz CT molecular complexity index is 283. The second-order valence-corrected chi connectivity index (χ2v) is 5.33. The summed E-state index contributed by atoms with van der Waals surface area (Å²) in [5.41, 5.74) is 1.33. The van der Waals surface area contributed by atoms with Gasteiger partial charge in [0.15, 0.2) is 0 Å². The van der Waals surface area contributed by atoms with Gasteiger partial charge in [0.2, 0.25) is 0 Å². The summed E-state index contributed by atoms with van der Waals surface area (Å²) in [5, 5.41) is 0.812. The number of aryl methyl sites for hydroxylation is 1. The first-order valence-corrected chi connectivity index (χ1v) is 7.38. The first-order chi connectivity index (χ1) is 8.26. The Morgan fingerprint density at radius 1 is 1.00 bits per heavy atom. The van der Waals surface area contributed by atoms with Crippen LogP contribution in [0.25, 0.3) is 0 Å².